The number of amides is 1. The van der Waals surface area contributed by atoms with Gasteiger partial charge in [-0.1, -0.05) is 25.8 Å². The summed E-state index contributed by atoms with van der Waals surface area (Å²) in [5.74, 6) is 0.640. The lowest BCUT2D eigenvalue weighted by atomic mass is 9.86. The molecule has 168 valence electrons. The molecule has 1 aromatic carbocycles. The van der Waals surface area contributed by atoms with Gasteiger partial charge < -0.3 is 14.8 Å². The number of aromatic nitrogens is 2. The number of benzene rings is 1. The molecule has 1 N–H and O–H groups in total. The van der Waals surface area contributed by atoms with E-state index in [1.165, 1.54) is 6.42 Å². The molecular weight excluding hydrogens is 394 g/mol. The van der Waals surface area contributed by atoms with Crippen LogP contribution in [-0.2, 0) is 20.7 Å². The number of ether oxygens (including phenoxy) is 2. The molecule has 0 unspecified atom stereocenters. The predicted molar refractivity (Wildman–Crippen MR) is 118 cm³/mol. The number of esters is 1. The van der Waals surface area contributed by atoms with Crippen LogP contribution in [0.4, 0.5) is 0 Å². The molecule has 0 spiro atoms. The monoisotopic (exact) mass is 427 g/mol. The van der Waals surface area contributed by atoms with Crippen LogP contribution < -0.4 is 10.1 Å². The van der Waals surface area contributed by atoms with Crippen LogP contribution >= 0.6 is 0 Å². The first kappa shape index (κ1) is 22.8. The summed E-state index contributed by atoms with van der Waals surface area (Å²) in [6.07, 6.45) is 5.21. The molecule has 1 aliphatic rings. The minimum Gasteiger partial charge on any atom is -0.497 e. The average molecular weight is 428 g/mol. The molecule has 2 atom stereocenters. The van der Waals surface area contributed by atoms with E-state index in [9.17, 15) is 9.59 Å². The summed E-state index contributed by atoms with van der Waals surface area (Å²) < 4.78 is 12.4. The molecule has 0 radical (unpaired) electrons. The van der Waals surface area contributed by atoms with Crippen LogP contribution in [-0.4, -0.2) is 41.4 Å². The largest absolute Gasteiger partial charge is 0.497 e. The summed E-state index contributed by atoms with van der Waals surface area (Å²) in [4.78, 5) is 24.4. The fraction of sp³-hybridized carbons (Fsp3) is 0.542. The number of methoxy groups -OCH3 is 1. The number of aryl methyl sites for hydroxylation is 1. The maximum Gasteiger partial charge on any atom is 0.306 e. The zero-order valence-corrected chi connectivity index (χ0v) is 18.9. The van der Waals surface area contributed by atoms with Gasteiger partial charge in [-0.15, -0.1) is 0 Å². The van der Waals surface area contributed by atoms with Gasteiger partial charge in [0.05, 0.1) is 18.5 Å². The Kier molecular flexibility index (Phi) is 7.71. The summed E-state index contributed by atoms with van der Waals surface area (Å²) in [5, 5.41) is 7.63. The van der Waals surface area contributed by atoms with Crippen molar-refractivity contribution in [2.24, 2.45) is 5.92 Å². The first-order valence-electron chi connectivity index (χ1n) is 11.0. The minimum atomic E-state index is -0.375. The fourth-order valence-corrected chi connectivity index (χ4v) is 4.25. The summed E-state index contributed by atoms with van der Waals surface area (Å²) in [7, 11) is 1.63. The highest BCUT2D eigenvalue weighted by Gasteiger charge is 2.23. The summed E-state index contributed by atoms with van der Waals surface area (Å²) in [6.45, 7) is 5.86. The maximum absolute atomic E-state index is 12.2. The van der Waals surface area contributed by atoms with Gasteiger partial charge >= 0.3 is 5.97 Å². The molecule has 1 heterocycles. The SMILES string of the molecule is COc1cccc(-n2nc(C)c(CCC(=O)OCC(=O)N[C@@H]3CCCC[C@@H]3C)c2C)c1. The Bertz CT molecular complexity index is 922. The predicted octanol–water partition coefficient (Wildman–Crippen LogP) is 3.67. The first-order chi connectivity index (χ1) is 14.9. The lowest BCUT2D eigenvalue weighted by Crippen LogP contribution is -2.42. The average Bonchev–Trinajstić information content (AvgIpc) is 3.05. The van der Waals surface area contributed by atoms with Crippen LogP contribution in [0.2, 0.25) is 0 Å². The third-order valence-corrected chi connectivity index (χ3v) is 6.14. The van der Waals surface area contributed by atoms with Crippen LogP contribution in [0.1, 0.15) is 56.0 Å². The molecule has 3 rings (SSSR count). The van der Waals surface area contributed by atoms with Crippen LogP contribution in [0, 0.1) is 19.8 Å². The van der Waals surface area contributed by atoms with E-state index in [0.717, 1.165) is 47.7 Å². The van der Waals surface area contributed by atoms with E-state index in [0.29, 0.717) is 12.3 Å². The van der Waals surface area contributed by atoms with Gasteiger partial charge in [-0.2, -0.15) is 5.10 Å². The zero-order chi connectivity index (χ0) is 22.4. The molecule has 1 saturated carbocycles. The number of carbonyl (C=O) groups excluding carboxylic acids is 2. The van der Waals surface area contributed by atoms with Crippen LogP contribution in [0.3, 0.4) is 0 Å². The molecule has 1 aromatic heterocycles. The molecule has 31 heavy (non-hydrogen) atoms. The minimum absolute atomic E-state index is 0.188. The van der Waals surface area contributed by atoms with E-state index >= 15 is 0 Å². The zero-order valence-electron chi connectivity index (χ0n) is 18.9. The summed E-state index contributed by atoms with van der Waals surface area (Å²) in [5.41, 5.74) is 3.77. The molecular formula is C24H33N3O4. The van der Waals surface area contributed by atoms with Gasteiger partial charge in [-0.05, 0) is 56.7 Å². The first-order valence-corrected chi connectivity index (χ1v) is 11.0. The van der Waals surface area contributed by atoms with Gasteiger partial charge in [0.15, 0.2) is 6.61 Å². The van der Waals surface area contributed by atoms with Gasteiger partial charge in [0.1, 0.15) is 5.75 Å². The van der Waals surface area contributed by atoms with Crippen molar-refractivity contribution in [3.8, 4) is 11.4 Å². The van der Waals surface area contributed by atoms with Crippen molar-refractivity contribution < 1.29 is 19.1 Å². The number of nitrogens with one attached hydrogen (secondary N) is 1. The Morgan fingerprint density at radius 1 is 1.23 bits per heavy atom. The van der Waals surface area contributed by atoms with Crippen molar-refractivity contribution in [2.45, 2.75) is 65.3 Å². The second kappa shape index (κ2) is 10.5. The molecule has 7 heteroatoms. The fourth-order valence-electron chi connectivity index (χ4n) is 4.25. The lowest BCUT2D eigenvalue weighted by molar-refractivity contribution is -0.148. The lowest BCUT2D eigenvalue weighted by Gasteiger charge is -2.29. The Balaban J connectivity index is 1.52. The molecule has 1 aliphatic carbocycles. The highest BCUT2D eigenvalue weighted by atomic mass is 16.5. The van der Waals surface area contributed by atoms with Crippen LogP contribution in [0.25, 0.3) is 5.69 Å². The van der Waals surface area contributed by atoms with Crippen molar-refractivity contribution in [1.82, 2.24) is 15.1 Å². The Hall–Kier alpha value is -2.83. The summed E-state index contributed by atoms with van der Waals surface area (Å²) in [6, 6.07) is 7.88. The molecule has 0 saturated heterocycles. The molecule has 0 bridgehead atoms. The third-order valence-electron chi connectivity index (χ3n) is 6.14. The maximum atomic E-state index is 12.2. The van der Waals surface area contributed by atoms with Crippen molar-refractivity contribution >= 4 is 11.9 Å². The van der Waals surface area contributed by atoms with E-state index in [4.69, 9.17) is 9.47 Å². The second-order valence-electron chi connectivity index (χ2n) is 8.36. The standard InChI is InChI=1S/C24H33N3O4/c1-16-8-5-6-11-22(16)25-23(28)15-31-24(29)13-12-21-17(2)26-27(18(21)3)19-9-7-10-20(14-19)30-4/h7,9-10,14,16,22H,5-6,8,11-13,15H2,1-4H3,(H,25,28)/t16-,22+/m0/s1. The van der Waals surface area contributed by atoms with Gasteiger partial charge in [0.2, 0.25) is 0 Å². The third kappa shape index (κ3) is 5.87. The van der Waals surface area contributed by atoms with Gasteiger partial charge in [-0.3, -0.25) is 9.59 Å². The van der Waals surface area contributed by atoms with Crippen molar-refractivity contribution in [1.29, 1.82) is 0 Å². The smallest absolute Gasteiger partial charge is 0.306 e. The molecule has 2 aromatic rings. The summed E-state index contributed by atoms with van der Waals surface area (Å²) >= 11 is 0. The van der Waals surface area contributed by atoms with Crippen molar-refractivity contribution in [3.05, 3.63) is 41.2 Å². The number of rotatable bonds is 8. The van der Waals surface area contributed by atoms with Gasteiger partial charge in [-0.25, -0.2) is 4.68 Å². The molecule has 7 nitrogen and oxygen atoms in total. The normalized spacial score (nSPS) is 18.5. The van der Waals surface area contributed by atoms with Crippen LogP contribution in [0.15, 0.2) is 24.3 Å². The quantitative estimate of drug-likeness (QED) is 0.650. The number of hydrogen-bond acceptors (Lipinski definition) is 5. The van der Waals surface area contributed by atoms with E-state index in [2.05, 4.69) is 17.3 Å². The van der Waals surface area contributed by atoms with E-state index in [-0.39, 0.29) is 30.9 Å². The molecule has 1 amide bonds. The number of hydrogen-bond donors (Lipinski definition) is 1. The number of carbonyl (C=O) groups is 2. The molecule has 1 fully saturated rings. The highest BCUT2D eigenvalue weighted by Crippen LogP contribution is 2.24. The van der Waals surface area contributed by atoms with Crippen molar-refractivity contribution in [2.75, 3.05) is 13.7 Å². The van der Waals surface area contributed by atoms with E-state index < -0.39 is 0 Å². The van der Waals surface area contributed by atoms with Crippen LogP contribution in [0.5, 0.6) is 5.75 Å². The van der Waals surface area contributed by atoms with Crippen molar-refractivity contribution in [3.63, 3.8) is 0 Å². The highest BCUT2D eigenvalue weighted by molar-refractivity contribution is 5.80. The Morgan fingerprint density at radius 2 is 2.00 bits per heavy atom. The number of nitrogens with zero attached hydrogens (tertiary/aromatic N) is 2. The van der Waals surface area contributed by atoms with Gasteiger partial charge in [0.25, 0.3) is 5.91 Å². The topological polar surface area (TPSA) is 82.5 Å². The Morgan fingerprint density at radius 3 is 2.74 bits per heavy atom. The van der Waals surface area contributed by atoms with Gasteiger partial charge in [0, 0.05) is 24.2 Å². The molecule has 0 aliphatic heterocycles. The Labute approximate surface area is 184 Å². The van der Waals surface area contributed by atoms with E-state index in [1.54, 1.807) is 7.11 Å². The van der Waals surface area contributed by atoms with E-state index in [1.807, 2.05) is 42.8 Å². The second-order valence-corrected chi connectivity index (χ2v) is 8.36.